The van der Waals surface area contributed by atoms with Crippen LogP contribution in [-0.2, 0) is 11.2 Å². The van der Waals surface area contributed by atoms with Crippen LogP contribution in [0.3, 0.4) is 0 Å². The molecule has 3 nitrogen and oxygen atoms in total. The third-order valence-corrected chi connectivity index (χ3v) is 5.60. The lowest BCUT2D eigenvalue weighted by atomic mass is 10.2. The molecule has 1 N–H and O–H groups in total. The first-order valence-corrected chi connectivity index (χ1v) is 9.16. The topological polar surface area (TPSA) is 42.0 Å². The molecule has 112 valence electrons. The number of aromatic nitrogens is 1. The number of nitrogens with one attached hydrogen (secondary N) is 1. The smallest absolute Gasteiger partial charge is 0.231 e. The molecule has 0 bridgehead atoms. The molecule has 0 aliphatic carbocycles. The number of para-hydroxylation sites is 1. The van der Waals surface area contributed by atoms with Crippen LogP contribution in [0.5, 0.6) is 0 Å². The number of anilines is 1. The van der Waals surface area contributed by atoms with Gasteiger partial charge in [-0.25, -0.2) is 4.98 Å². The number of thiophene rings is 1. The highest BCUT2D eigenvalue weighted by Gasteiger charge is 2.11. The van der Waals surface area contributed by atoms with Gasteiger partial charge in [-0.1, -0.05) is 18.2 Å². The molecule has 2 heterocycles. The van der Waals surface area contributed by atoms with Crippen molar-refractivity contribution in [3.63, 3.8) is 0 Å². The van der Waals surface area contributed by atoms with Crippen LogP contribution in [-0.4, -0.2) is 10.9 Å². The van der Waals surface area contributed by atoms with Crippen LogP contribution in [0.25, 0.3) is 10.6 Å². The van der Waals surface area contributed by atoms with Gasteiger partial charge in [-0.2, -0.15) is 0 Å². The lowest BCUT2D eigenvalue weighted by Gasteiger charge is -2.06. The maximum atomic E-state index is 12.1. The molecule has 0 radical (unpaired) electrons. The maximum Gasteiger partial charge on any atom is 0.231 e. The monoisotopic (exact) mass is 392 g/mol. The summed E-state index contributed by atoms with van der Waals surface area (Å²) in [5.74, 6) is -0.0393. The molecular formula is C16H13BrN2OS2. The van der Waals surface area contributed by atoms with E-state index in [1.807, 2.05) is 48.7 Å². The highest BCUT2D eigenvalue weighted by Crippen LogP contribution is 2.32. The van der Waals surface area contributed by atoms with Crippen molar-refractivity contribution in [3.05, 3.63) is 56.1 Å². The molecule has 3 aromatic rings. The molecule has 1 amide bonds. The molecule has 22 heavy (non-hydrogen) atoms. The van der Waals surface area contributed by atoms with E-state index in [4.69, 9.17) is 0 Å². The summed E-state index contributed by atoms with van der Waals surface area (Å²) in [5.41, 5.74) is 2.84. The summed E-state index contributed by atoms with van der Waals surface area (Å²) in [5, 5.41) is 5.75. The van der Waals surface area contributed by atoms with E-state index in [1.54, 1.807) is 11.3 Å². The maximum absolute atomic E-state index is 12.1. The summed E-state index contributed by atoms with van der Waals surface area (Å²) in [7, 11) is 0. The Kier molecular flexibility index (Phi) is 4.71. The number of amides is 1. The quantitative estimate of drug-likeness (QED) is 0.668. The number of thiazole rings is 1. The zero-order valence-electron chi connectivity index (χ0n) is 11.8. The van der Waals surface area contributed by atoms with Crippen LogP contribution in [0.4, 0.5) is 5.69 Å². The molecular weight excluding hydrogens is 380 g/mol. The second kappa shape index (κ2) is 6.73. The zero-order chi connectivity index (χ0) is 15.5. The Morgan fingerprint density at radius 1 is 1.27 bits per heavy atom. The number of aryl methyl sites for hydroxylation is 1. The van der Waals surface area contributed by atoms with E-state index in [0.717, 1.165) is 30.6 Å². The number of carbonyl (C=O) groups excluding carboxylic acids is 1. The fourth-order valence-corrected chi connectivity index (χ4v) is 4.22. The van der Waals surface area contributed by atoms with E-state index in [1.165, 1.54) is 11.3 Å². The van der Waals surface area contributed by atoms with Crippen LogP contribution in [0.2, 0.25) is 0 Å². The van der Waals surface area contributed by atoms with E-state index < -0.39 is 0 Å². The Labute approximate surface area is 145 Å². The van der Waals surface area contributed by atoms with Crippen LogP contribution >= 0.6 is 38.6 Å². The van der Waals surface area contributed by atoms with Crippen LogP contribution < -0.4 is 5.32 Å². The normalized spacial score (nSPS) is 10.6. The van der Waals surface area contributed by atoms with Gasteiger partial charge in [0.2, 0.25) is 5.91 Å². The minimum Gasteiger partial charge on any atom is -0.325 e. The standard InChI is InChI=1S/C16H13BrN2OS2/c1-10-4-2-3-5-11(10)18-15(20)8-16-19-12(9-21-16)13-6-7-14(17)22-13/h2-7,9H,8H2,1H3,(H,18,20). The van der Waals surface area contributed by atoms with Gasteiger partial charge in [-0.3, -0.25) is 4.79 Å². The van der Waals surface area contributed by atoms with Gasteiger partial charge in [0.05, 0.1) is 20.8 Å². The Balaban J connectivity index is 1.67. The SMILES string of the molecule is Cc1ccccc1NC(=O)Cc1nc(-c2ccc(Br)s2)cs1. The highest BCUT2D eigenvalue weighted by molar-refractivity contribution is 9.11. The molecule has 0 atom stereocenters. The molecule has 1 aromatic carbocycles. The molecule has 6 heteroatoms. The number of nitrogens with zero attached hydrogens (tertiary/aromatic N) is 1. The molecule has 0 fully saturated rings. The second-order valence-corrected chi connectivity index (χ2v) is 8.18. The zero-order valence-corrected chi connectivity index (χ0v) is 15.0. The number of carbonyl (C=O) groups is 1. The molecule has 0 unspecified atom stereocenters. The second-order valence-electron chi connectivity index (χ2n) is 4.77. The Morgan fingerprint density at radius 2 is 2.09 bits per heavy atom. The third-order valence-electron chi connectivity index (χ3n) is 3.11. The van der Waals surface area contributed by atoms with Crippen molar-refractivity contribution in [1.29, 1.82) is 0 Å². The number of benzene rings is 1. The lowest BCUT2D eigenvalue weighted by Crippen LogP contribution is -2.14. The first-order valence-electron chi connectivity index (χ1n) is 6.67. The summed E-state index contributed by atoms with van der Waals surface area (Å²) >= 11 is 6.60. The fourth-order valence-electron chi connectivity index (χ4n) is 2.00. The van der Waals surface area contributed by atoms with Crippen LogP contribution in [0.1, 0.15) is 10.6 Å². The van der Waals surface area contributed by atoms with E-state index in [9.17, 15) is 4.79 Å². The predicted octanol–water partition coefficient (Wildman–Crippen LogP) is 5.12. The molecule has 3 rings (SSSR count). The molecule has 0 aliphatic rings. The molecule has 0 saturated heterocycles. The van der Waals surface area contributed by atoms with Gasteiger partial charge in [0.15, 0.2) is 0 Å². The summed E-state index contributed by atoms with van der Waals surface area (Å²) in [6.07, 6.45) is 0.297. The van der Waals surface area contributed by atoms with Crippen molar-refractivity contribution >= 4 is 50.2 Å². The van der Waals surface area contributed by atoms with E-state index in [0.29, 0.717) is 6.42 Å². The van der Waals surface area contributed by atoms with Gasteiger partial charge in [0.1, 0.15) is 5.01 Å². The predicted molar refractivity (Wildman–Crippen MR) is 96.6 cm³/mol. The highest BCUT2D eigenvalue weighted by atomic mass is 79.9. The van der Waals surface area contributed by atoms with E-state index >= 15 is 0 Å². The summed E-state index contributed by atoms with van der Waals surface area (Å²) in [6, 6.07) is 11.8. The van der Waals surface area contributed by atoms with E-state index in [-0.39, 0.29) is 5.91 Å². The van der Waals surface area contributed by atoms with Crippen molar-refractivity contribution in [3.8, 4) is 10.6 Å². The molecule has 2 aromatic heterocycles. The number of hydrogen-bond donors (Lipinski definition) is 1. The van der Waals surface area contributed by atoms with Crippen molar-refractivity contribution in [1.82, 2.24) is 4.98 Å². The van der Waals surface area contributed by atoms with Crippen molar-refractivity contribution in [2.45, 2.75) is 13.3 Å². The van der Waals surface area contributed by atoms with Gasteiger partial charge >= 0.3 is 0 Å². The Morgan fingerprint density at radius 3 is 2.82 bits per heavy atom. The average Bonchev–Trinajstić information content (AvgIpc) is 3.10. The van der Waals surface area contributed by atoms with Crippen molar-refractivity contribution < 1.29 is 4.79 Å². The summed E-state index contributed by atoms with van der Waals surface area (Å²) in [4.78, 5) is 17.8. The minimum atomic E-state index is -0.0393. The van der Waals surface area contributed by atoms with Gasteiger partial charge in [0, 0.05) is 11.1 Å². The van der Waals surface area contributed by atoms with Gasteiger partial charge in [-0.15, -0.1) is 22.7 Å². The third kappa shape index (κ3) is 3.63. The number of rotatable bonds is 4. The Bertz CT molecular complexity index is 810. The first-order chi connectivity index (χ1) is 10.6. The fraction of sp³-hybridized carbons (Fsp3) is 0.125. The molecule has 0 spiro atoms. The van der Waals surface area contributed by atoms with Gasteiger partial charge in [0.25, 0.3) is 0 Å². The lowest BCUT2D eigenvalue weighted by molar-refractivity contribution is -0.115. The summed E-state index contributed by atoms with van der Waals surface area (Å²) in [6.45, 7) is 1.98. The van der Waals surface area contributed by atoms with Crippen LogP contribution in [0.15, 0.2) is 45.6 Å². The van der Waals surface area contributed by atoms with Gasteiger partial charge < -0.3 is 5.32 Å². The Hall–Kier alpha value is -1.50. The van der Waals surface area contributed by atoms with E-state index in [2.05, 4.69) is 26.2 Å². The largest absolute Gasteiger partial charge is 0.325 e. The van der Waals surface area contributed by atoms with Gasteiger partial charge in [-0.05, 0) is 46.6 Å². The van der Waals surface area contributed by atoms with Crippen molar-refractivity contribution in [2.75, 3.05) is 5.32 Å². The molecule has 0 saturated carbocycles. The minimum absolute atomic E-state index is 0.0393. The molecule has 0 aliphatic heterocycles. The van der Waals surface area contributed by atoms with Crippen molar-refractivity contribution in [2.24, 2.45) is 0 Å². The van der Waals surface area contributed by atoms with Crippen LogP contribution in [0, 0.1) is 6.92 Å². The first kappa shape index (κ1) is 15.4. The average molecular weight is 393 g/mol. The summed E-state index contributed by atoms with van der Waals surface area (Å²) < 4.78 is 1.08. The number of hydrogen-bond acceptors (Lipinski definition) is 4. The number of halogens is 1.